The predicted molar refractivity (Wildman–Crippen MR) is 65.1 cm³/mol. The molecule has 1 aliphatic carbocycles. The maximum Gasteiger partial charge on any atom is 0.0662 e. The van der Waals surface area contributed by atoms with E-state index in [0.717, 1.165) is 35.4 Å². The number of nitrogens with two attached hydrogens (primary N) is 1. The van der Waals surface area contributed by atoms with Crippen molar-refractivity contribution < 1.29 is 5.11 Å². The van der Waals surface area contributed by atoms with E-state index in [-0.39, 0.29) is 6.10 Å². The van der Waals surface area contributed by atoms with Gasteiger partial charge >= 0.3 is 0 Å². The van der Waals surface area contributed by atoms with Crippen molar-refractivity contribution in [2.75, 3.05) is 5.73 Å². The summed E-state index contributed by atoms with van der Waals surface area (Å²) in [7, 11) is 0. The lowest BCUT2D eigenvalue weighted by Crippen LogP contribution is -2.15. The number of hydrogen-bond donors (Lipinski definition) is 2. The summed E-state index contributed by atoms with van der Waals surface area (Å²) in [6.07, 6.45) is 3.00. The van der Waals surface area contributed by atoms with E-state index < -0.39 is 0 Å². The van der Waals surface area contributed by atoms with Crippen LogP contribution in [0.15, 0.2) is 23.1 Å². The van der Waals surface area contributed by atoms with Gasteiger partial charge in [-0.15, -0.1) is 11.8 Å². The van der Waals surface area contributed by atoms with Gasteiger partial charge in [0.05, 0.1) is 6.10 Å². The van der Waals surface area contributed by atoms with Crippen LogP contribution in [-0.2, 0) is 0 Å². The molecule has 2 atom stereocenters. The van der Waals surface area contributed by atoms with Crippen molar-refractivity contribution in [3.63, 3.8) is 0 Å². The Labute approximate surface area is 94.9 Å². The summed E-state index contributed by atoms with van der Waals surface area (Å²) in [6, 6.07) is 6.08. The molecule has 15 heavy (non-hydrogen) atoms. The minimum Gasteiger partial charge on any atom is -0.398 e. The average molecular weight is 223 g/mol. The number of para-hydroxylation sites is 1. The van der Waals surface area contributed by atoms with Gasteiger partial charge in [0.15, 0.2) is 0 Å². The molecule has 1 saturated carbocycles. The second kappa shape index (κ2) is 4.45. The average Bonchev–Trinajstić information content (AvgIpc) is 2.60. The lowest BCUT2D eigenvalue weighted by molar-refractivity contribution is 0.188. The monoisotopic (exact) mass is 223 g/mol. The van der Waals surface area contributed by atoms with Crippen LogP contribution >= 0.6 is 11.8 Å². The standard InChI is InChI=1S/C12H17NOS/c1-8-4-2-7-11(12(8)13)15-10-6-3-5-9(10)14/h2,4,7,9-10,14H,3,5-6,13H2,1H3. The lowest BCUT2D eigenvalue weighted by Gasteiger charge is -2.15. The lowest BCUT2D eigenvalue weighted by atomic mass is 10.2. The maximum atomic E-state index is 9.75. The molecule has 1 aliphatic rings. The third kappa shape index (κ3) is 2.29. The van der Waals surface area contributed by atoms with Crippen LogP contribution in [0.25, 0.3) is 0 Å². The molecule has 0 aromatic heterocycles. The van der Waals surface area contributed by atoms with E-state index in [1.807, 2.05) is 25.1 Å². The molecular weight excluding hydrogens is 206 g/mol. The predicted octanol–water partition coefficient (Wildman–Crippen LogP) is 2.58. The van der Waals surface area contributed by atoms with Gasteiger partial charge in [0.2, 0.25) is 0 Å². The first-order valence-corrected chi connectivity index (χ1v) is 6.26. The maximum absolute atomic E-state index is 9.75. The fourth-order valence-electron chi connectivity index (χ4n) is 1.96. The molecule has 0 spiro atoms. The number of aliphatic hydroxyl groups is 1. The second-order valence-corrected chi connectivity index (χ2v) is 5.42. The molecule has 1 aromatic carbocycles. The number of hydrogen-bond acceptors (Lipinski definition) is 3. The summed E-state index contributed by atoms with van der Waals surface area (Å²) >= 11 is 1.73. The first-order valence-electron chi connectivity index (χ1n) is 5.38. The Hall–Kier alpha value is -0.670. The number of aliphatic hydroxyl groups excluding tert-OH is 1. The first-order chi connectivity index (χ1) is 7.18. The summed E-state index contributed by atoms with van der Waals surface area (Å²) in [4.78, 5) is 1.11. The van der Waals surface area contributed by atoms with Crippen LogP contribution in [0.5, 0.6) is 0 Å². The van der Waals surface area contributed by atoms with Crippen LogP contribution in [0.4, 0.5) is 5.69 Å². The molecule has 0 radical (unpaired) electrons. The summed E-state index contributed by atoms with van der Waals surface area (Å²) in [5.74, 6) is 0. The molecule has 3 N–H and O–H groups in total. The Morgan fingerprint density at radius 3 is 2.87 bits per heavy atom. The van der Waals surface area contributed by atoms with Gasteiger partial charge in [0.25, 0.3) is 0 Å². The highest BCUT2D eigenvalue weighted by Crippen LogP contribution is 2.38. The highest BCUT2D eigenvalue weighted by Gasteiger charge is 2.26. The number of anilines is 1. The van der Waals surface area contributed by atoms with Gasteiger partial charge in [0.1, 0.15) is 0 Å². The van der Waals surface area contributed by atoms with Crippen LogP contribution < -0.4 is 5.73 Å². The molecule has 1 aromatic rings. The minimum atomic E-state index is -0.157. The molecular formula is C12H17NOS. The van der Waals surface area contributed by atoms with Gasteiger partial charge in [-0.3, -0.25) is 0 Å². The van der Waals surface area contributed by atoms with E-state index in [1.165, 1.54) is 0 Å². The van der Waals surface area contributed by atoms with Crippen LogP contribution in [-0.4, -0.2) is 16.5 Å². The SMILES string of the molecule is Cc1cccc(SC2CCCC2O)c1N. The minimum absolute atomic E-state index is 0.157. The number of benzene rings is 1. The van der Waals surface area contributed by atoms with Crippen molar-refractivity contribution in [3.8, 4) is 0 Å². The van der Waals surface area contributed by atoms with Gasteiger partial charge in [-0.2, -0.15) is 0 Å². The third-order valence-corrected chi connectivity index (χ3v) is 4.44. The molecule has 0 heterocycles. The normalized spacial score (nSPS) is 25.7. The van der Waals surface area contributed by atoms with Gasteiger partial charge in [-0.25, -0.2) is 0 Å². The molecule has 2 nitrogen and oxygen atoms in total. The number of rotatable bonds is 2. The van der Waals surface area contributed by atoms with Gasteiger partial charge < -0.3 is 10.8 Å². The van der Waals surface area contributed by atoms with Crippen molar-refractivity contribution in [2.45, 2.75) is 42.4 Å². The highest BCUT2D eigenvalue weighted by molar-refractivity contribution is 8.00. The summed E-state index contributed by atoms with van der Waals surface area (Å²) < 4.78 is 0. The van der Waals surface area contributed by atoms with Gasteiger partial charge in [-0.1, -0.05) is 12.1 Å². The molecule has 0 bridgehead atoms. The van der Waals surface area contributed by atoms with Crippen LogP contribution in [0, 0.1) is 6.92 Å². The molecule has 2 rings (SSSR count). The first kappa shape index (κ1) is 10.8. The van der Waals surface area contributed by atoms with E-state index in [9.17, 15) is 5.11 Å². The Balaban J connectivity index is 2.13. The van der Waals surface area contributed by atoms with Crippen molar-refractivity contribution in [1.29, 1.82) is 0 Å². The zero-order valence-electron chi connectivity index (χ0n) is 8.94. The van der Waals surface area contributed by atoms with Crippen molar-refractivity contribution in [1.82, 2.24) is 0 Å². The smallest absolute Gasteiger partial charge is 0.0662 e. The van der Waals surface area contributed by atoms with Crippen molar-refractivity contribution >= 4 is 17.4 Å². The molecule has 0 saturated heterocycles. The van der Waals surface area contributed by atoms with Gasteiger partial charge in [-0.05, 0) is 37.8 Å². The van der Waals surface area contributed by atoms with E-state index in [0.29, 0.717) is 5.25 Å². The molecule has 0 aliphatic heterocycles. The van der Waals surface area contributed by atoms with Crippen LogP contribution in [0.1, 0.15) is 24.8 Å². The van der Waals surface area contributed by atoms with Gasteiger partial charge in [0, 0.05) is 15.8 Å². The Morgan fingerprint density at radius 2 is 2.20 bits per heavy atom. The topological polar surface area (TPSA) is 46.2 Å². The summed E-state index contributed by atoms with van der Waals surface area (Å²) in [5, 5.41) is 10.1. The Morgan fingerprint density at radius 1 is 1.40 bits per heavy atom. The van der Waals surface area contributed by atoms with Crippen molar-refractivity contribution in [3.05, 3.63) is 23.8 Å². The summed E-state index contributed by atoms with van der Waals surface area (Å²) in [6.45, 7) is 2.02. The molecule has 82 valence electrons. The third-order valence-electron chi connectivity index (χ3n) is 2.98. The Bertz CT molecular complexity index is 353. The van der Waals surface area contributed by atoms with E-state index in [4.69, 9.17) is 5.73 Å². The van der Waals surface area contributed by atoms with E-state index in [1.54, 1.807) is 11.8 Å². The molecule has 3 heteroatoms. The van der Waals surface area contributed by atoms with Crippen LogP contribution in [0.2, 0.25) is 0 Å². The fraction of sp³-hybridized carbons (Fsp3) is 0.500. The fourth-order valence-corrected chi connectivity index (χ4v) is 3.31. The number of nitrogen functional groups attached to an aromatic ring is 1. The Kier molecular flexibility index (Phi) is 3.22. The van der Waals surface area contributed by atoms with E-state index >= 15 is 0 Å². The number of aryl methyl sites for hydroxylation is 1. The molecule has 0 amide bonds. The van der Waals surface area contributed by atoms with Crippen LogP contribution in [0.3, 0.4) is 0 Å². The highest BCUT2D eigenvalue weighted by atomic mass is 32.2. The van der Waals surface area contributed by atoms with E-state index in [2.05, 4.69) is 0 Å². The zero-order valence-corrected chi connectivity index (χ0v) is 9.76. The second-order valence-electron chi connectivity index (χ2n) is 4.14. The summed E-state index contributed by atoms with van der Waals surface area (Å²) in [5.41, 5.74) is 7.98. The molecule has 1 fully saturated rings. The molecule has 2 unspecified atom stereocenters. The zero-order chi connectivity index (χ0) is 10.8. The van der Waals surface area contributed by atoms with Crippen molar-refractivity contribution in [2.24, 2.45) is 0 Å². The largest absolute Gasteiger partial charge is 0.398 e. The quantitative estimate of drug-likeness (QED) is 0.758. The number of thioether (sulfide) groups is 1.